The molecule has 0 radical (unpaired) electrons. The van der Waals surface area contributed by atoms with Crippen LogP contribution in [0.15, 0.2) is 18.5 Å². The number of aromatic nitrogens is 2. The zero-order valence-electron chi connectivity index (χ0n) is 5.32. The number of carbonyl (C=O) groups excluding carboxylic acids is 1. The Morgan fingerprint density at radius 3 is 2.70 bits per heavy atom. The Labute approximate surface area is 59.6 Å². The van der Waals surface area contributed by atoms with E-state index < -0.39 is 5.91 Å². The number of nitrogens with two attached hydrogens (primary N) is 1. The summed E-state index contributed by atoms with van der Waals surface area (Å²) in [7, 11) is 0. The van der Waals surface area contributed by atoms with Crippen LogP contribution in [0.2, 0.25) is 0 Å². The van der Waals surface area contributed by atoms with Crippen molar-refractivity contribution in [3.8, 4) is 0 Å². The molecule has 54 valence electrons. The van der Waals surface area contributed by atoms with Crippen LogP contribution < -0.4 is 5.73 Å². The number of carbonyl (C=O) groups is 1. The molecule has 1 heterocycles. The minimum Gasteiger partial charge on any atom is -0.369 e. The summed E-state index contributed by atoms with van der Waals surface area (Å²) in [5.74, 6) is 0.0567. The molecule has 0 saturated heterocycles. The molecule has 2 N–H and O–H groups in total. The summed E-state index contributed by atoms with van der Waals surface area (Å²) in [5, 5.41) is 0. The molecular formula is C6H9N3O. The van der Waals surface area contributed by atoms with E-state index in [-0.39, 0.29) is 7.85 Å². The molecule has 0 unspecified atom stereocenters. The molecule has 0 aliphatic carbocycles. The van der Waals surface area contributed by atoms with Crippen molar-refractivity contribution in [3.63, 3.8) is 0 Å². The maximum atomic E-state index is 10.3. The fourth-order valence-corrected chi connectivity index (χ4v) is 0.577. The van der Waals surface area contributed by atoms with Gasteiger partial charge in [-0.05, 0) is 6.07 Å². The fraction of sp³-hybridized carbons (Fsp3) is 0.167. The highest BCUT2D eigenvalue weighted by atomic mass is 16.1. The molecule has 1 aromatic rings. The lowest BCUT2D eigenvalue weighted by atomic mass is 10.4. The van der Waals surface area contributed by atoms with Gasteiger partial charge in [-0.25, -0.2) is 9.97 Å². The standard InChI is InChI=1S/C6H7N3O.H2/c7-5(10)4-6-8-2-1-3-9-6;/h1-3H,4H2,(H2,7,10);1H. The zero-order chi connectivity index (χ0) is 7.40. The van der Waals surface area contributed by atoms with Gasteiger partial charge in [0.25, 0.3) is 0 Å². The Bertz CT molecular complexity index is 227. The molecule has 0 spiro atoms. The number of hydrogen-bond acceptors (Lipinski definition) is 3. The van der Waals surface area contributed by atoms with E-state index in [1.807, 2.05) is 0 Å². The van der Waals surface area contributed by atoms with E-state index in [0.717, 1.165) is 0 Å². The maximum Gasteiger partial charge on any atom is 0.225 e. The first-order valence-electron chi connectivity index (χ1n) is 2.83. The van der Waals surface area contributed by atoms with Crippen LogP contribution in [-0.4, -0.2) is 15.9 Å². The first kappa shape index (κ1) is 6.67. The lowest BCUT2D eigenvalue weighted by Gasteiger charge is -1.91. The summed E-state index contributed by atoms with van der Waals surface area (Å²) in [6.07, 6.45) is 3.26. The number of rotatable bonds is 2. The van der Waals surface area contributed by atoms with Gasteiger partial charge in [0, 0.05) is 13.8 Å². The van der Waals surface area contributed by atoms with Crippen LogP contribution in [0.3, 0.4) is 0 Å². The third-order valence-electron chi connectivity index (χ3n) is 0.952. The summed E-state index contributed by atoms with van der Waals surface area (Å²) in [5.41, 5.74) is 4.91. The topological polar surface area (TPSA) is 68.9 Å². The van der Waals surface area contributed by atoms with Crippen LogP contribution in [0.1, 0.15) is 7.25 Å². The van der Waals surface area contributed by atoms with Crippen molar-refractivity contribution < 1.29 is 6.22 Å². The Balaban J connectivity index is 0.000001000. The number of primary amides is 1. The van der Waals surface area contributed by atoms with Crippen molar-refractivity contribution in [2.45, 2.75) is 6.42 Å². The molecule has 0 aromatic carbocycles. The Morgan fingerprint density at radius 1 is 1.60 bits per heavy atom. The average molecular weight is 139 g/mol. The molecular weight excluding hydrogens is 130 g/mol. The van der Waals surface area contributed by atoms with E-state index in [0.29, 0.717) is 5.82 Å². The summed E-state index contributed by atoms with van der Waals surface area (Å²) >= 11 is 0. The lowest BCUT2D eigenvalue weighted by Crippen LogP contribution is -2.15. The molecule has 0 saturated carbocycles. The number of amides is 1. The van der Waals surface area contributed by atoms with Gasteiger partial charge in [0.1, 0.15) is 5.82 Å². The molecule has 0 aliphatic heterocycles. The average Bonchev–Trinajstić information content (AvgIpc) is 1.88. The van der Waals surface area contributed by atoms with Crippen molar-refractivity contribution in [1.82, 2.24) is 9.97 Å². The molecule has 0 atom stereocenters. The first-order valence-corrected chi connectivity index (χ1v) is 2.83. The maximum absolute atomic E-state index is 10.3. The highest BCUT2D eigenvalue weighted by Crippen LogP contribution is 1.86. The Kier molecular flexibility index (Phi) is 1.94. The Hall–Kier alpha value is -1.45. The van der Waals surface area contributed by atoms with Crippen molar-refractivity contribution in [2.24, 2.45) is 5.73 Å². The van der Waals surface area contributed by atoms with Crippen molar-refractivity contribution in [2.75, 3.05) is 0 Å². The molecule has 1 aromatic heterocycles. The van der Waals surface area contributed by atoms with E-state index in [1.54, 1.807) is 18.5 Å². The smallest absolute Gasteiger partial charge is 0.225 e. The van der Waals surface area contributed by atoms with Gasteiger partial charge >= 0.3 is 0 Å². The van der Waals surface area contributed by atoms with Crippen LogP contribution in [0.5, 0.6) is 0 Å². The predicted molar refractivity (Wildman–Crippen MR) is 37.0 cm³/mol. The predicted octanol–water partition coefficient (Wildman–Crippen LogP) is -0.250. The quantitative estimate of drug-likeness (QED) is 0.614. The van der Waals surface area contributed by atoms with E-state index >= 15 is 0 Å². The molecule has 10 heavy (non-hydrogen) atoms. The lowest BCUT2D eigenvalue weighted by molar-refractivity contribution is -0.117. The summed E-state index contributed by atoms with van der Waals surface area (Å²) < 4.78 is 0. The normalized spacial score (nSPS) is 9.20. The highest BCUT2D eigenvalue weighted by molar-refractivity contribution is 5.75. The third-order valence-corrected chi connectivity index (χ3v) is 0.952. The molecule has 0 aliphatic rings. The van der Waals surface area contributed by atoms with Gasteiger partial charge in [0.2, 0.25) is 5.91 Å². The third kappa shape index (κ3) is 1.81. The molecule has 4 heteroatoms. The highest BCUT2D eigenvalue weighted by Gasteiger charge is 1.97. The van der Waals surface area contributed by atoms with E-state index in [2.05, 4.69) is 9.97 Å². The van der Waals surface area contributed by atoms with E-state index in [9.17, 15) is 4.79 Å². The van der Waals surface area contributed by atoms with E-state index in [1.165, 1.54) is 0 Å². The molecule has 0 bridgehead atoms. The van der Waals surface area contributed by atoms with Crippen molar-refractivity contribution >= 4 is 5.91 Å². The van der Waals surface area contributed by atoms with Gasteiger partial charge in [0.15, 0.2) is 0 Å². The van der Waals surface area contributed by atoms with Crippen LogP contribution in [0, 0.1) is 0 Å². The molecule has 1 amide bonds. The van der Waals surface area contributed by atoms with Gasteiger partial charge in [-0.1, -0.05) is 0 Å². The minimum atomic E-state index is -0.411. The van der Waals surface area contributed by atoms with Crippen LogP contribution in [0.4, 0.5) is 0 Å². The SMILES string of the molecule is NC(=O)Cc1ncccn1.[HH]. The van der Waals surface area contributed by atoms with Gasteiger partial charge < -0.3 is 5.73 Å². The second kappa shape index (κ2) is 2.91. The van der Waals surface area contributed by atoms with Gasteiger partial charge in [-0.3, -0.25) is 4.79 Å². The molecule has 1 rings (SSSR count). The number of nitrogens with zero attached hydrogens (tertiary/aromatic N) is 2. The van der Waals surface area contributed by atoms with Crippen LogP contribution in [-0.2, 0) is 11.2 Å². The molecule has 4 nitrogen and oxygen atoms in total. The zero-order valence-corrected chi connectivity index (χ0v) is 5.32. The van der Waals surface area contributed by atoms with Gasteiger partial charge in [0.05, 0.1) is 6.42 Å². The largest absolute Gasteiger partial charge is 0.369 e. The summed E-state index contributed by atoms with van der Waals surface area (Å²) in [6, 6.07) is 1.69. The summed E-state index contributed by atoms with van der Waals surface area (Å²) in [4.78, 5) is 17.9. The minimum absolute atomic E-state index is 0. The first-order chi connectivity index (χ1) is 4.79. The monoisotopic (exact) mass is 139 g/mol. The second-order valence-corrected chi connectivity index (χ2v) is 1.81. The van der Waals surface area contributed by atoms with Gasteiger partial charge in [-0.15, -0.1) is 0 Å². The number of hydrogen-bond donors (Lipinski definition) is 1. The molecule has 0 fully saturated rings. The van der Waals surface area contributed by atoms with Crippen LogP contribution in [0.25, 0.3) is 0 Å². The van der Waals surface area contributed by atoms with Crippen molar-refractivity contribution in [3.05, 3.63) is 24.3 Å². The van der Waals surface area contributed by atoms with E-state index in [4.69, 9.17) is 5.73 Å². The fourth-order valence-electron chi connectivity index (χ4n) is 0.577. The second-order valence-electron chi connectivity index (χ2n) is 1.81. The van der Waals surface area contributed by atoms with Crippen LogP contribution >= 0.6 is 0 Å². The Morgan fingerprint density at radius 2 is 2.20 bits per heavy atom. The summed E-state index contributed by atoms with van der Waals surface area (Å²) in [6.45, 7) is 0. The van der Waals surface area contributed by atoms with Gasteiger partial charge in [-0.2, -0.15) is 0 Å². The van der Waals surface area contributed by atoms with Crippen molar-refractivity contribution in [1.29, 1.82) is 0 Å².